The van der Waals surface area contributed by atoms with E-state index in [2.05, 4.69) is 21.2 Å². The first-order valence-corrected chi connectivity index (χ1v) is 10.3. The summed E-state index contributed by atoms with van der Waals surface area (Å²) in [5.74, 6) is 0.452. The predicted octanol–water partition coefficient (Wildman–Crippen LogP) is 6.05. The topological polar surface area (TPSA) is 51.2 Å². The Hall–Kier alpha value is -2.70. The number of nitrogens with zero attached hydrogens (tertiary/aromatic N) is 1. The Balaban J connectivity index is 1.54. The molecule has 28 heavy (non-hydrogen) atoms. The van der Waals surface area contributed by atoms with E-state index in [9.17, 15) is 4.79 Å². The molecule has 0 fully saturated rings. The summed E-state index contributed by atoms with van der Waals surface area (Å²) in [5, 5.41) is 3.80. The lowest BCUT2D eigenvalue weighted by Crippen LogP contribution is -2.20. The van der Waals surface area contributed by atoms with Crippen molar-refractivity contribution in [2.24, 2.45) is 0 Å². The van der Waals surface area contributed by atoms with E-state index >= 15 is 0 Å². The van der Waals surface area contributed by atoms with Crippen LogP contribution in [0.25, 0.3) is 20.8 Å². The lowest BCUT2D eigenvalue weighted by Gasteiger charge is -2.11. The highest BCUT2D eigenvalue weighted by Crippen LogP contribution is 2.36. The average molecular weight is 453 g/mol. The summed E-state index contributed by atoms with van der Waals surface area (Å²) in [6, 6.07) is 21.3. The number of aromatic nitrogens is 1. The van der Waals surface area contributed by atoms with Gasteiger partial charge in [0.15, 0.2) is 6.61 Å². The van der Waals surface area contributed by atoms with Gasteiger partial charge in [0.2, 0.25) is 0 Å². The second-order valence-electron chi connectivity index (χ2n) is 6.33. The van der Waals surface area contributed by atoms with Crippen molar-refractivity contribution < 1.29 is 9.53 Å². The Morgan fingerprint density at radius 1 is 1.11 bits per heavy atom. The van der Waals surface area contributed by atoms with Gasteiger partial charge in [-0.15, -0.1) is 11.3 Å². The lowest BCUT2D eigenvalue weighted by molar-refractivity contribution is -0.118. The van der Waals surface area contributed by atoms with Crippen LogP contribution in [0.4, 0.5) is 5.69 Å². The molecule has 0 saturated carbocycles. The van der Waals surface area contributed by atoms with Crippen LogP contribution in [-0.4, -0.2) is 17.5 Å². The number of halogens is 1. The molecule has 6 heteroatoms. The summed E-state index contributed by atoms with van der Waals surface area (Å²) in [6.45, 7) is 1.95. The molecule has 0 aliphatic carbocycles. The average Bonchev–Trinajstić information content (AvgIpc) is 3.13. The van der Waals surface area contributed by atoms with E-state index in [0.29, 0.717) is 11.4 Å². The number of carbonyl (C=O) groups excluding carboxylic acids is 1. The van der Waals surface area contributed by atoms with Gasteiger partial charge in [-0.2, -0.15) is 0 Å². The smallest absolute Gasteiger partial charge is 0.262 e. The highest BCUT2D eigenvalue weighted by molar-refractivity contribution is 9.10. The molecular formula is C22H17BrN2O2S. The maximum atomic E-state index is 12.4. The zero-order chi connectivity index (χ0) is 19.5. The van der Waals surface area contributed by atoms with Crippen LogP contribution in [0.3, 0.4) is 0 Å². The quantitative estimate of drug-likeness (QED) is 0.400. The van der Waals surface area contributed by atoms with Crippen LogP contribution in [-0.2, 0) is 4.79 Å². The molecule has 1 amide bonds. The van der Waals surface area contributed by atoms with Crippen LogP contribution in [0.1, 0.15) is 5.56 Å². The van der Waals surface area contributed by atoms with Crippen molar-refractivity contribution in [3.8, 4) is 16.3 Å². The summed E-state index contributed by atoms with van der Waals surface area (Å²) in [7, 11) is 0. The summed E-state index contributed by atoms with van der Waals surface area (Å²) < 4.78 is 7.61. The van der Waals surface area contributed by atoms with Crippen molar-refractivity contribution in [1.29, 1.82) is 0 Å². The fraction of sp³-hybridized carbons (Fsp3) is 0.0909. The number of hydrogen-bond donors (Lipinski definition) is 1. The van der Waals surface area contributed by atoms with Crippen LogP contribution in [0.5, 0.6) is 5.75 Å². The van der Waals surface area contributed by atoms with Gasteiger partial charge in [0.25, 0.3) is 5.91 Å². The Kier molecular flexibility index (Phi) is 5.41. The van der Waals surface area contributed by atoms with Gasteiger partial charge in [-0.25, -0.2) is 4.98 Å². The number of para-hydroxylation sites is 1. The van der Waals surface area contributed by atoms with Gasteiger partial charge in [0.05, 0.1) is 15.9 Å². The minimum atomic E-state index is -0.217. The first kappa shape index (κ1) is 18.7. The van der Waals surface area contributed by atoms with Crippen molar-refractivity contribution in [3.63, 3.8) is 0 Å². The number of ether oxygens (including phenoxy) is 1. The van der Waals surface area contributed by atoms with E-state index in [1.54, 1.807) is 11.3 Å². The molecule has 4 nitrogen and oxygen atoms in total. The maximum Gasteiger partial charge on any atom is 0.262 e. The van der Waals surface area contributed by atoms with E-state index < -0.39 is 0 Å². The number of amides is 1. The van der Waals surface area contributed by atoms with Gasteiger partial charge in [-0.3, -0.25) is 4.79 Å². The molecule has 0 atom stereocenters. The molecule has 4 rings (SSSR count). The van der Waals surface area contributed by atoms with Crippen LogP contribution in [0.2, 0.25) is 0 Å². The van der Waals surface area contributed by atoms with Crippen LogP contribution in [0.15, 0.2) is 71.2 Å². The lowest BCUT2D eigenvalue weighted by atomic mass is 10.2. The number of benzene rings is 3. The fourth-order valence-corrected chi connectivity index (χ4v) is 4.12. The largest absolute Gasteiger partial charge is 0.484 e. The third kappa shape index (κ3) is 4.24. The van der Waals surface area contributed by atoms with E-state index in [-0.39, 0.29) is 12.5 Å². The Bertz CT molecular complexity index is 1110. The molecule has 0 radical (unpaired) electrons. The van der Waals surface area contributed by atoms with Crippen molar-refractivity contribution in [3.05, 3.63) is 76.8 Å². The Morgan fingerprint density at radius 3 is 2.68 bits per heavy atom. The normalized spacial score (nSPS) is 10.8. The molecule has 4 aromatic rings. The predicted molar refractivity (Wildman–Crippen MR) is 118 cm³/mol. The molecular weight excluding hydrogens is 436 g/mol. The highest BCUT2D eigenvalue weighted by Gasteiger charge is 2.14. The molecule has 140 valence electrons. The number of carbonyl (C=O) groups is 1. The first-order chi connectivity index (χ1) is 13.6. The molecule has 1 N–H and O–H groups in total. The number of hydrogen-bond acceptors (Lipinski definition) is 4. The van der Waals surface area contributed by atoms with Gasteiger partial charge in [-0.05, 0) is 49.4 Å². The summed E-state index contributed by atoms with van der Waals surface area (Å²) in [6.07, 6.45) is 0. The summed E-state index contributed by atoms with van der Waals surface area (Å²) in [4.78, 5) is 17.1. The van der Waals surface area contributed by atoms with Crippen LogP contribution in [0, 0.1) is 6.92 Å². The second-order valence-corrected chi connectivity index (χ2v) is 8.27. The molecule has 0 spiro atoms. The standard InChI is InChI=1S/C22H17BrN2O2S/c1-14-6-9-16(10-7-14)27-13-21(26)24-18-11-8-15(23)12-17(18)22-25-19-4-2-3-5-20(19)28-22/h2-12H,13H2,1H3,(H,24,26). The highest BCUT2D eigenvalue weighted by atomic mass is 79.9. The monoisotopic (exact) mass is 452 g/mol. The molecule has 0 bridgehead atoms. The number of anilines is 1. The SMILES string of the molecule is Cc1ccc(OCC(=O)Nc2ccc(Br)cc2-c2nc3ccccc3s2)cc1. The number of fused-ring (bicyclic) bond motifs is 1. The van der Waals surface area contributed by atoms with Crippen LogP contribution >= 0.6 is 27.3 Å². The number of aryl methyl sites for hydroxylation is 1. The van der Waals surface area contributed by atoms with Crippen molar-refractivity contribution in [2.45, 2.75) is 6.92 Å². The fourth-order valence-electron chi connectivity index (χ4n) is 2.76. The zero-order valence-electron chi connectivity index (χ0n) is 15.1. The maximum absolute atomic E-state index is 12.4. The van der Waals surface area contributed by atoms with Crippen LogP contribution < -0.4 is 10.1 Å². The van der Waals surface area contributed by atoms with Crippen molar-refractivity contribution in [1.82, 2.24) is 4.98 Å². The molecule has 1 heterocycles. The third-order valence-electron chi connectivity index (χ3n) is 4.17. The molecule has 0 saturated heterocycles. The molecule has 3 aromatic carbocycles. The van der Waals surface area contributed by atoms with Gasteiger partial charge in [0, 0.05) is 10.0 Å². The van der Waals surface area contributed by atoms with E-state index in [4.69, 9.17) is 9.72 Å². The molecule has 0 aliphatic rings. The van der Waals surface area contributed by atoms with E-state index in [1.807, 2.05) is 73.7 Å². The van der Waals surface area contributed by atoms with Crippen molar-refractivity contribution >= 4 is 49.1 Å². The molecule has 1 aromatic heterocycles. The van der Waals surface area contributed by atoms with E-state index in [0.717, 1.165) is 30.8 Å². The van der Waals surface area contributed by atoms with E-state index in [1.165, 1.54) is 0 Å². The molecule has 0 aliphatic heterocycles. The Labute approximate surface area is 175 Å². The third-order valence-corrected chi connectivity index (χ3v) is 5.73. The first-order valence-electron chi connectivity index (χ1n) is 8.73. The minimum absolute atomic E-state index is 0.0571. The van der Waals surface area contributed by atoms with Gasteiger partial charge >= 0.3 is 0 Å². The van der Waals surface area contributed by atoms with Gasteiger partial charge in [-0.1, -0.05) is 45.8 Å². The number of rotatable bonds is 5. The van der Waals surface area contributed by atoms with Crippen molar-refractivity contribution in [2.75, 3.05) is 11.9 Å². The molecule has 0 unspecified atom stereocenters. The van der Waals surface area contributed by atoms with Gasteiger partial charge in [0.1, 0.15) is 10.8 Å². The minimum Gasteiger partial charge on any atom is -0.484 e. The second kappa shape index (κ2) is 8.12. The summed E-state index contributed by atoms with van der Waals surface area (Å²) >= 11 is 5.11. The zero-order valence-corrected chi connectivity index (χ0v) is 17.5. The number of nitrogens with one attached hydrogen (secondary N) is 1. The summed E-state index contributed by atoms with van der Waals surface area (Å²) in [5.41, 5.74) is 3.67. The number of thiazole rings is 1. The Morgan fingerprint density at radius 2 is 1.89 bits per heavy atom. The van der Waals surface area contributed by atoms with Gasteiger partial charge < -0.3 is 10.1 Å².